The Kier molecular flexibility index (Phi) is 4.65. The molecular formula is C14H16BrNO4. The molecule has 1 aliphatic heterocycles. The minimum atomic E-state index is -1.02. The lowest BCUT2D eigenvalue weighted by molar-refractivity contribution is -0.143. The molecule has 1 saturated heterocycles. The number of hydrogen-bond donors (Lipinski definition) is 1. The number of hydrogen-bond acceptors (Lipinski definition) is 3. The Morgan fingerprint density at radius 1 is 1.40 bits per heavy atom. The molecule has 1 aromatic rings. The van der Waals surface area contributed by atoms with Crippen LogP contribution in [0.15, 0.2) is 28.7 Å². The third-order valence-electron chi connectivity index (χ3n) is 3.27. The van der Waals surface area contributed by atoms with E-state index in [0.29, 0.717) is 6.42 Å². The number of carboxylic acids is 1. The fourth-order valence-electron chi connectivity index (χ4n) is 2.32. The maximum absolute atomic E-state index is 11.9. The van der Waals surface area contributed by atoms with Crippen molar-refractivity contribution in [3.8, 4) is 0 Å². The highest BCUT2D eigenvalue weighted by molar-refractivity contribution is 9.10. The lowest BCUT2D eigenvalue weighted by Gasteiger charge is -2.20. The molecule has 5 nitrogen and oxygen atoms in total. The van der Waals surface area contributed by atoms with Crippen molar-refractivity contribution in [3.63, 3.8) is 0 Å². The van der Waals surface area contributed by atoms with Crippen molar-refractivity contribution in [2.24, 2.45) is 0 Å². The molecule has 0 aliphatic carbocycles. The zero-order chi connectivity index (χ0) is 14.7. The number of carboxylic acid groups (broad SMARTS) is 1. The first kappa shape index (κ1) is 14.8. The SMILES string of the molecule is CCC[C@@H]1OC(=O)N(Cc2ccc(Br)cc2)[C@H]1C(=O)O. The van der Waals surface area contributed by atoms with Gasteiger partial charge in [0.05, 0.1) is 6.54 Å². The fourth-order valence-corrected chi connectivity index (χ4v) is 2.58. The quantitative estimate of drug-likeness (QED) is 0.893. The average molecular weight is 342 g/mol. The van der Waals surface area contributed by atoms with Gasteiger partial charge in [-0.1, -0.05) is 41.4 Å². The summed E-state index contributed by atoms with van der Waals surface area (Å²) in [7, 11) is 0. The summed E-state index contributed by atoms with van der Waals surface area (Å²) < 4.78 is 6.12. The Hall–Kier alpha value is -1.56. The summed E-state index contributed by atoms with van der Waals surface area (Å²) in [6, 6.07) is 6.50. The van der Waals surface area contributed by atoms with Crippen molar-refractivity contribution >= 4 is 28.0 Å². The molecule has 108 valence electrons. The van der Waals surface area contributed by atoms with Gasteiger partial charge in [0.1, 0.15) is 6.10 Å². The lowest BCUT2D eigenvalue weighted by Crippen LogP contribution is -2.42. The number of amides is 1. The number of halogens is 1. The van der Waals surface area contributed by atoms with E-state index in [1.165, 1.54) is 4.90 Å². The summed E-state index contributed by atoms with van der Waals surface area (Å²) in [6.45, 7) is 2.17. The maximum Gasteiger partial charge on any atom is 0.411 e. The predicted octanol–water partition coefficient (Wildman–Crippen LogP) is 3.02. The van der Waals surface area contributed by atoms with Crippen LogP contribution in [0.3, 0.4) is 0 Å². The van der Waals surface area contributed by atoms with E-state index in [1.54, 1.807) is 0 Å². The summed E-state index contributed by atoms with van der Waals surface area (Å²) in [5.41, 5.74) is 0.869. The number of rotatable bonds is 5. The molecule has 0 aromatic heterocycles. The van der Waals surface area contributed by atoms with Gasteiger partial charge in [-0.2, -0.15) is 0 Å². The number of benzene rings is 1. The Balaban J connectivity index is 2.17. The molecule has 0 unspecified atom stereocenters. The highest BCUT2D eigenvalue weighted by Crippen LogP contribution is 2.25. The topological polar surface area (TPSA) is 66.8 Å². The van der Waals surface area contributed by atoms with Gasteiger partial charge in [-0.3, -0.25) is 4.90 Å². The molecule has 20 heavy (non-hydrogen) atoms. The van der Waals surface area contributed by atoms with E-state index in [-0.39, 0.29) is 6.54 Å². The second kappa shape index (κ2) is 6.26. The van der Waals surface area contributed by atoms with E-state index in [1.807, 2.05) is 31.2 Å². The Morgan fingerprint density at radius 3 is 2.60 bits per heavy atom. The van der Waals surface area contributed by atoms with Gasteiger partial charge >= 0.3 is 12.1 Å². The fraction of sp³-hybridized carbons (Fsp3) is 0.429. The second-order valence-corrected chi connectivity index (χ2v) is 5.66. The standard InChI is InChI=1S/C14H16BrNO4/c1-2-3-11-12(13(17)18)16(14(19)20-11)8-9-4-6-10(15)7-5-9/h4-7,11-12H,2-3,8H2,1H3,(H,17,18)/t11-,12+/m0/s1. The Morgan fingerprint density at radius 2 is 2.05 bits per heavy atom. The van der Waals surface area contributed by atoms with E-state index >= 15 is 0 Å². The molecule has 6 heteroatoms. The van der Waals surface area contributed by atoms with Gasteiger partial charge in [0.25, 0.3) is 0 Å². The van der Waals surface area contributed by atoms with Gasteiger partial charge in [0, 0.05) is 4.47 Å². The van der Waals surface area contributed by atoms with Crippen LogP contribution in [0.4, 0.5) is 4.79 Å². The number of nitrogens with zero attached hydrogens (tertiary/aromatic N) is 1. The molecule has 1 N–H and O–H groups in total. The minimum Gasteiger partial charge on any atom is -0.480 e. The van der Waals surface area contributed by atoms with Crippen molar-refractivity contribution in [1.29, 1.82) is 0 Å². The first-order valence-corrected chi connectivity index (χ1v) is 7.26. The molecule has 1 heterocycles. The molecule has 1 amide bonds. The summed E-state index contributed by atoms with van der Waals surface area (Å²) in [5.74, 6) is -1.02. The molecule has 2 atom stereocenters. The summed E-state index contributed by atoms with van der Waals surface area (Å²) in [5, 5.41) is 9.34. The van der Waals surface area contributed by atoms with Gasteiger partial charge in [0.15, 0.2) is 6.04 Å². The minimum absolute atomic E-state index is 0.239. The van der Waals surface area contributed by atoms with E-state index in [2.05, 4.69) is 15.9 Å². The van der Waals surface area contributed by atoms with Crippen molar-refractivity contribution in [3.05, 3.63) is 34.3 Å². The van der Waals surface area contributed by atoms with Crippen molar-refractivity contribution < 1.29 is 19.4 Å². The van der Waals surface area contributed by atoms with Gasteiger partial charge in [-0.25, -0.2) is 9.59 Å². The first-order chi connectivity index (χ1) is 9.52. The normalized spacial score (nSPS) is 21.9. The van der Waals surface area contributed by atoms with Crippen LogP contribution >= 0.6 is 15.9 Å². The number of carbonyl (C=O) groups excluding carboxylic acids is 1. The molecule has 0 bridgehead atoms. The molecule has 2 rings (SSSR count). The van der Waals surface area contributed by atoms with Crippen molar-refractivity contribution in [2.75, 3.05) is 0 Å². The van der Waals surface area contributed by atoms with Crippen molar-refractivity contribution in [2.45, 2.75) is 38.5 Å². The third-order valence-corrected chi connectivity index (χ3v) is 3.80. The highest BCUT2D eigenvalue weighted by Gasteiger charge is 2.45. The van der Waals surface area contributed by atoms with E-state index in [9.17, 15) is 14.7 Å². The van der Waals surface area contributed by atoms with Crippen LogP contribution in [0.25, 0.3) is 0 Å². The Bertz CT molecular complexity index is 502. The van der Waals surface area contributed by atoms with Crippen LogP contribution in [0.5, 0.6) is 0 Å². The molecule has 0 radical (unpaired) electrons. The summed E-state index contributed by atoms with van der Waals surface area (Å²) in [6.07, 6.45) is 0.201. The first-order valence-electron chi connectivity index (χ1n) is 6.47. The molecule has 1 aliphatic rings. The van der Waals surface area contributed by atoms with Crippen LogP contribution in [0.1, 0.15) is 25.3 Å². The molecule has 1 aromatic carbocycles. The van der Waals surface area contributed by atoms with E-state index in [0.717, 1.165) is 16.5 Å². The number of carbonyl (C=O) groups is 2. The third kappa shape index (κ3) is 3.12. The van der Waals surface area contributed by atoms with Crippen LogP contribution in [-0.4, -0.2) is 34.2 Å². The molecule has 1 fully saturated rings. The van der Waals surface area contributed by atoms with Crippen LogP contribution in [0, 0.1) is 0 Å². The smallest absolute Gasteiger partial charge is 0.411 e. The lowest BCUT2D eigenvalue weighted by atomic mass is 10.1. The van der Waals surface area contributed by atoms with Gasteiger partial charge in [-0.15, -0.1) is 0 Å². The van der Waals surface area contributed by atoms with Gasteiger partial charge < -0.3 is 9.84 Å². The average Bonchev–Trinajstić information content (AvgIpc) is 2.69. The van der Waals surface area contributed by atoms with Crippen molar-refractivity contribution in [1.82, 2.24) is 4.90 Å². The highest BCUT2D eigenvalue weighted by atomic mass is 79.9. The number of cyclic esters (lactones) is 1. The molecular weight excluding hydrogens is 326 g/mol. The van der Waals surface area contributed by atoms with E-state index < -0.39 is 24.2 Å². The predicted molar refractivity (Wildman–Crippen MR) is 76.3 cm³/mol. The molecule has 0 spiro atoms. The van der Waals surface area contributed by atoms with Crippen LogP contribution in [0.2, 0.25) is 0 Å². The zero-order valence-electron chi connectivity index (χ0n) is 11.1. The van der Waals surface area contributed by atoms with Crippen LogP contribution in [-0.2, 0) is 16.1 Å². The monoisotopic (exact) mass is 341 g/mol. The molecule has 0 saturated carbocycles. The number of ether oxygens (including phenoxy) is 1. The second-order valence-electron chi connectivity index (χ2n) is 4.75. The Labute approximate surface area is 125 Å². The summed E-state index contributed by atoms with van der Waals surface area (Å²) >= 11 is 3.34. The summed E-state index contributed by atoms with van der Waals surface area (Å²) in [4.78, 5) is 24.6. The van der Waals surface area contributed by atoms with Gasteiger partial charge in [0.2, 0.25) is 0 Å². The maximum atomic E-state index is 11.9. The van der Waals surface area contributed by atoms with Gasteiger partial charge in [-0.05, 0) is 24.1 Å². The van der Waals surface area contributed by atoms with Crippen LogP contribution < -0.4 is 0 Å². The zero-order valence-corrected chi connectivity index (χ0v) is 12.7. The number of aliphatic carboxylic acids is 1. The van der Waals surface area contributed by atoms with E-state index in [4.69, 9.17) is 4.74 Å². The largest absolute Gasteiger partial charge is 0.480 e.